The number of fused-ring (bicyclic) bond motifs is 3. The summed E-state index contributed by atoms with van der Waals surface area (Å²) in [7, 11) is 0. The predicted octanol–water partition coefficient (Wildman–Crippen LogP) is 4.07. The van der Waals surface area contributed by atoms with E-state index >= 15 is 0 Å². The first-order valence-corrected chi connectivity index (χ1v) is 6.69. The number of halogens is 2. The van der Waals surface area contributed by atoms with E-state index in [1.165, 1.54) is 16.6 Å². The Kier molecular flexibility index (Phi) is 2.81. The molecule has 0 amide bonds. The molecule has 1 atom stereocenters. The molecule has 1 aliphatic carbocycles. The number of rotatable bonds is 2. The fourth-order valence-electron chi connectivity index (χ4n) is 2.77. The van der Waals surface area contributed by atoms with Crippen molar-refractivity contribution in [3.05, 3.63) is 33.4 Å². The number of aryl methyl sites for hydroxylation is 1. The Morgan fingerprint density at radius 2 is 2.24 bits per heavy atom. The van der Waals surface area contributed by atoms with Crippen molar-refractivity contribution >= 4 is 34.1 Å². The Labute approximate surface area is 110 Å². The lowest BCUT2D eigenvalue weighted by atomic mass is 10.1. The van der Waals surface area contributed by atoms with E-state index in [2.05, 4.69) is 17.2 Å². The zero-order valence-electron chi connectivity index (χ0n) is 9.61. The summed E-state index contributed by atoms with van der Waals surface area (Å²) in [6.45, 7) is 3.11. The third-order valence-electron chi connectivity index (χ3n) is 3.43. The van der Waals surface area contributed by atoms with Crippen LogP contribution in [0.2, 0.25) is 10.0 Å². The van der Waals surface area contributed by atoms with Gasteiger partial charge in [0.1, 0.15) is 0 Å². The number of hydrogen-bond acceptors (Lipinski definition) is 1. The average Bonchev–Trinajstić information content (AvgIpc) is 2.80. The minimum Gasteiger partial charge on any atom is -0.357 e. The normalized spacial score (nSPS) is 18.9. The lowest BCUT2D eigenvalue weighted by Crippen LogP contribution is -2.18. The van der Waals surface area contributed by atoms with Gasteiger partial charge in [-0.15, -0.1) is 0 Å². The molecule has 1 heterocycles. The molecule has 1 aliphatic rings. The molecule has 1 unspecified atom stereocenters. The third kappa shape index (κ3) is 1.75. The van der Waals surface area contributed by atoms with E-state index in [4.69, 9.17) is 23.2 Å². The van der Waals surface area contributed by atoms with Crippen LogP contribution >= 0.6 is 23.2 Å². The maximum absolute atomic E-state index is 6.22. The largest absolute Gasteiger partial charge is 0.357 e. The SMILES string of the molecule is CCNC1CCc2[nH]c3c(Cl)cc(Cl)cc3c21. The summed E-state index contributed by atoms with van der Waals surface area (Å²) >= 11 is 12.3. The van der Waals surface area contributed by atoms with Crippen molar-refractivity contribution in [1.29, 1.82) is 0 Å². The van der Waals surface area contributed by atoms with Crippen molar-refractivity contribution in [3.63, 3.8) is 0 Å². The topological polar surface area (TPSA) is 27.8 Å². The summed E-state index contributed by atoms with van der Waals surface area (Å²) in [5, 5.41) is 6.09. The first kappa shape index (κ1) is 11.4. The lowest BCUT2D eigenvalue weighted by molar-refractivity contribution is 0.551. The van der Waals surface area contributed by atoms with Crippen LogP contribution in [-0.4, -0.2) is 11.5 Å². The number of benzene rings is 1. The smallest absolute Gasteiger partial charge is 0.0662 e. The number of aromatic nitrogens is 1. The van der Waals surface area contributed by atoms with Crippen LogP contribution in [-0.2, 0) is 6.42 Å². The molecule has 4 heteroatoms. The number of nitrogens with one attached hydrogen (secondary N) is 2. The summed E-state index contributed by atoms with van der Waals surface area (Å²) in [5.74, 6) is 0. The maximum atomic E-state index is 6.22. The lowest BCUT2D eigenvalue weighted by Gasteiger charge is -2.11. The maximum Gasteiger partial charge on any atom is 0.0662 e. The molecule has 90 valence electrons. The van der Waals surface area contributed by atoms with Gasteiger partial charge in [-0.2, -0.15) is 0 Å². The summed E-state index contributed by atoms with van der Waals surface area (Å²) in [6, 6.07) is 4.23. The first-order valence-electron chi connectivity index (χ1n) is 5.93. The summed E-state index contributed by atoms with van der Waals surface area (Å²) < 4.78 is 0. The Morgan fingerprint density at radius 1 is 1.41 bits per heavy atom. The van der Waals surface area contributed by atoms with Crippen molar-refractivity contribution < 1.29 is 0 Å². The van der Waals surface area contributed by atoms with Gasteiger partial charge in [0.2, 0.25) is 0 Å². The van der Waals surface area contributed by atoms with Gasteiger partial charge in [-0.3, -0.25) is 0 Å². The molecule has 0 aliphatic heterocycles. The second-order valence-corrected chi connectivity index (χ2v) is 5.32. The van der Waals surface area contributed by atoms with E-state index in [1.807, 2.05) is 6.07 Å². The Morgan fingerprint density at radius 3 is 3.00 bits per heavy atom. The predicted molar refractivity (Wildman–Crippen MR) is 73.1 cm³/mol. The zero-order valence-corrected chi connectivity index (χ0v) is 11.1. The second kappa shape index (κ2) is 4.20. The van der Waals surface area contributed by atoms with Crippen LogP contribution in [0.3, 0.4) is 0 Å². The number of aromatic amines is 1. The third-order valence-corrected chi connectivity index (χ3v) is 3.94. The standard InChI is InChI=1S/C13H14Cl2N2/c1-2-16-10-3-4-11-12(10)8-5-7(14)6-9(15)13(8)17-11/h5-6,10,16-17H,2-4H2,1H3. The molecule has 0 bridgehead atoms. The molecule has 0 radical (unpaired) electrons. The van der Waals surface area contributed by atoms with Gasteiger partial charge < -0.3 is 10.3 Å². The van der Waals surface area contributed by atoms with Gasteiger partial charge >= 0.3 is 0 Å². The number of H-pyrrole nitrogens is 1. The van der Waals surface area contributed by atoms with E-state index in [9.17, 15) is 0 Å². The van der Waals surface area contributed by atoms with Crippen LogP contribution in [0.15, 0.2) is 12.1 Å². The fourth-order valence-corrected chi connectivity index (χ4v) is 3.31. The summed E-state index contributed by atoms with van der Waals surface area (Å²) in [4.78, 5) is 3.43. The molecule has 1 aromatic carbocycles. The molecular formula is C13H14Cl2N2. The number of hydrogen-bond donors (Lipinski definition) is 2. The molecule has 17 heavy (non-hydrogen) atoms. The van der Waals surface area contributed by atoms with Crippen LogP contribution in [0.5, 0.6) is 0 Å². The highest BCUT2D eigenvalue weighted by molar-refractivity contribution is 6.38. The average molecular weight is 269 g/mol. The molecular weight excluding hydrogens is 255 g/mol. The van der Waals surface area contributed by atoms with Crippen molar-refractivity contribution in [2.24, 2.45) is 0 Å². The first-order chi connectivity index (χ1) is 8.20. The van der Waals surface area contributed by atoms with Crippen LogP contribution < -0.4 is 5.32 Å². The quantitative estimate of drug-likeness (QED) is 0.845. The zero-order chi connectivity index (χ0) is 12.0. The van der Waals surface area contributed by atoms with Crippen molar-refractivity contribution in [2.75, 3.05) is 6.54 Å². The molecule has 0 spiro atoms. The van der Waals surface area contributed by atoms with E-state index in [0.29, 0.717) is 16.1 Å². The molecule has 0 saturated heterocycles. The molecule has 2 aromatic rings. The molecule has 1 aromatic heterocycles. The van der Waals surface area contributed by atoms with Gasteiger partial charge in [0.05, 0.1) is 10.5 Å². The van der Waals surface area contributed by atoms with E-state index in [0.717, 1.165) is 24.9 Å². The van der Waals surface area contributed by atoms with Crippen LogP contribution in [0.1, 0.15) is 30.6 Å². The molecule has 0 saturated carbocycles. The summed E-state index contributed by atoms with van der Waals surface area (Å²) in [6.07, 6.45) is 2.23. The van der Waals surface area contributed by atoms with Crippen molar-refractivity contribution in [1.82, 2.24) is 10.3 Å². The molecule has 0 fully saturated rings. The highest BCUT2D eigenvalue weighted by Gasteiger charge is 2.26. The van der Waals surface area contributed by atoms with Gasteiger partial charge in [-0.25, -0.2) is 0 Å². The highest BCUT2D eigenvalue weighted by Crippen LogP contribution is 2.40. The van der Waals surface area contributed by atoms with E-state index < -0.39 is 0 Å². The second-order valence-electron chi connectivity index (χ2n) is 4.48. The van der Waals surface area contributed by atoms with Crippen molar-refractivity contribution in [3.8, 4) is 0 Å². The monoisotopic (exact) mass is 268 g/mol. The van der Waals surface area contributed by atoms with Crippen LogP contribution in [0.25, 0.3) is 10.9 Å². The van der Waals surface area contributed by atoms with E-state index in [-0.39, 0.29) is 0 Å². The Bertz CT molecular complexity index is 574. The van der Waals surface area contributed by atoms with Gasteiger partial charge in [0, 0.05) is 22.1 Å². The Balaban J connectivity index is 2.22. The highest BCUT2D eigenvalue weighted by atomic mass is 35.5. The van der Waals surface area contributed by atoms with Crippen LogP contribution in [0, 0.1) is 0 Å². The molecule has 3 rings (SSSR count). The minimum absolute atomic E-state index is 0.429. The van der Waals surface area contributed by atoms with Crippen LogP contribution in [0.4, 0.5) is 0 Å². The van der Waals surface area contributed by atoms with E-state index in [1.54, 1.807) is 6.07 Å². The molecule has 2 N–H and O–H groups in total. The van der Waals surface area contributed by atoms with Gasteiger partial charge in [-0.05, 0) is 37.1 Å². The van der Waals surface area contributed by atoms with Gasteiger partial charge in [0.25, 0.3) is 0 Å². The molecule has 2 nitrogen and oxygen atoms in total. The van der Waals surface area contributed by atoms with Gasteiger partial charge in [-0.1, -0.05) is 30.1 Å². The summed E-state index contributed by atoms with van der Waals surface area (Å²) in [5.41, 5.74) is 3.67. The van der Waals surface area contributed by atoms with Crippen molar-refractivity contribution in [2.45, 2.75) is 25.8 Å². The minimum atomic E-state index is 0.429. The Hall–Kier alpha value is -0.700. The fraction of sp³-hybridized carbons (Fsp3) is 0.385. The van der Waals surface area contributed by atoms with Gasteiger partial charge in [0.15, 0.2) is 0 Å².